The minimum atomic E-state index is -0.955. The van der Waals surface area contributed by atoms with Gasteiger partial charge in [0.05, 0.1) is 5.60 Å². The summed E-state index contributed by atoms with van der Waals surface area (Å²) in [5.41, 5.74) is -0.485. The van der Waals surface area contributed by atoms with Crippen LogP contribution in [0.3, 0.4) is 0 Å². The molecular formula is C13H17FO. The molecule has 0 amide bonds. The van der Waals surface area contributed by atoms with Crippen LogP contribution in [0.4, 0.5) is 4.39 Å². The summed E-state index contributed by atoms with van der Waals surface area (Å²) >= 11 is 0. The van der Waals surface area contributed by atoms with Crippen LogP contribution in [-0.2, 0) is 5.60 Å². The SMILES string of the molecule is C[C@H]1CCCC[C@]1(O)c1ccccc1F. The Hall–Kier alpha value is -0.890. The maximum atomic E-state index is 13.6. The van der Waals surface area contributed by atoms with Crippen molar-refractivity contribution in [3.63, 3.8) is 0 Å². The van der Waals surface area contributed by atoms with Crippen molar-refractivity contribution >= 4 is 0 Å². The second-order valence-corrected chi connectivity index (χ2v) is 4.55. The standard InChI is InChI=1S/C13H17FO/c1-10-6-4-5-9-13(10,15)11-7-2-3-8-12(11)14/h2-3,7-8,10,15H,4-6,9H2,1H3/t10-,13+/m0/s1. The van der Waals surface area contributed by atoms with E-state index in [1.165, 1.54) is 6.07 Å². The van der Waals surface area contributed by atoms with E-state index in [-0.39, 0.29) is 11.7 Å². The van der Waals surface area contributed by atoms with Gasteiger partial charge in [0.1, 0.15) is 5.82 Å². The zero-order valence-corrected chi connectivity index (χ0v) is 9.04. The quantitative estimate of drug-likeness (QED) is 0.751. The van der Waals surface area contributed by atoms with Crippen LogP contribution in [-0.4, -0.2) is 5.11 Å². The highest BCUT2D eigenvalue weighted by molar-refractivity contribution is 5.25. The molecule has 1 aliphatic carbocycles. The van der Waals surface area contributed by atoms with E-state index in [2.05, 4.69) is 0 Å². The van der Waals surface area contributed by atoms with Gasteiger partial charge in [-0.25, -0.2) is 4.39 Å². The Kier molecular flexibility index (Phi) is 2.79. The van der Waals surface area contributed by atoms with E-state index < -0.39 is 5.60 Å². The van der Waals surface area contributed by atoms with E-state index in [0.717, 1.165) is 19.3 Å². The van der Waals surface area contributed by atoms with E-state index in [4.69, 9.17) is 0 Å². The van der Waals surface area contributed by atoms with Crippen LogP contribution < -0.4 is 0 Å². The summed E-state index contributed by atoms with van der Waals surface area (Å²) in [4.78, 5) is 0. The van der Waals surface area contributed by atoms with E-state index in [1.807, 2.05) is 6.92 Å². The molecule has 0 aliphatic heterocycles. The minimum absolute atomic E-state index is 0.142. The van der Waals surface area contributed by atoms with Crippen LogP contribution in [0, 0.1) is 11.7 Å². The maximum Gasteiger partial charge on any atom is 0.129 e. The van der Waals surface area contributed by atoms with Gasteiger partial charge >= 0.3 is 0 Å². The first-order valence-electron chi connectivity index (χ1n) is 5.62. The Morgan fingerprint density at radius 2 is 2.07 bits per heavy atom. The van der Waals surface area contributed by atoms with Gasteiger partial charge in [-0.1, -0.05) is 38.0 Å². The van der Waals surface area contributed by atoms with Crippen LogP contribution in [0.2, 0.25) is 0 Å². The normalized spacial score (nSPS) is 31.5. The van der Waals surface area contributed by atoms with Crippen molar-refractivity contribution in [2.24, 2.45) is 5.92 Å². The first-order chi connectivity index (χ1) is 7.14. The fourth-order valence-electron chi connectivity index (χ4n) is 2.54. The van der Waals surface area contributed by atoms with E-state index in [9.17, 15) is 9.50 Å². The molecule has 0 spiro atoms. The van der Waals surface area contributed by atoms with Gasteiger partial charge in [0.25, 0.3) is 0 Å². The van der Waals surface area contributed by atoms with Crippen LogP contribution in [0.1, 0.15) is 38.2 Å². The van der Waals surface area contributed by atoms with Crippen molar-refractivity contribution in [1.82, 2.24) is 0 Å². The number of hydrogen-bond acceptors (Lipinski definition) is 1. The predicted octanol–water partition coefficient (Wildman–Crippen LogP) is 3.22. The topological polar surface area (TPSA) is 20.2 Å². The van der Waals surface area contributed by atoms with Gasteiger partial charge in [-0.2, -0.15) is 0 Å². The van der Waals surface area contributed by atoms with Gasteiger partial charge in [0.2, 0.25) is 0 Å². The predicted molar refractivity (Wildman–Crippen MR) is 57.9 cm³/mol. The van der Waals surface area contributed by atoms with E-state index in [1.54, 1.807) is 18.2 Å². The third-order valence-corrected chi connectivity index (χ3v) is 3.60. The molecule has 1 nitrogen and oxygen atoms in total. The van der Waals surface area contributed by atoms with Crippen molar-refractivity contribution in [3.05, 3.63) is 35.6 Å². The van der Waals surface area contributed by atoms with Crippen molar-refractivity contribution in [3.8, 4) is 0 Å². The molecule has 1 aromatic carbocycles. The number of halogens is 1. The maximum absolute atomic E-state index is 13.6. The average Bonchev–Trinajstić information content (AvgIpc) is 2.23. The van der Waals surface area contributed by atoms with Crippen molar-refractivity contribution in [2.75, 3.05) is 0 Å². The fourth-order valence-corrected chi connectivity index (χ4v) is 2.54. The average molecular weight is 208 g/mol. The zero-order valence-electron chi connectivity index (χ0n) is 9.04. The van der Waals surface area contributed by atoms with Gasteiger partial charge in [0, 0.05) is 5.56 Å². The highest BCUT2D eigenvalue weighted by Crippen LogP contribution is 2.42. The van der Waals surface area contributed by atoms with Crippen LogP contribution in [0.15, 0.2) is 24.3 Å². The van der Waals surface area contributed by atoms with Crippen LogP contribution in [0.5, 0.6) is 0 Å². The fraction of sp³-hybridized carbons (Fsp3) is 0.538. The van der Waals surface area contributed by atoms with Crippen molar-refractivity contribution in [1.29, 1.82) is 0 Å². The van der Waals surface area contributed by atoms with Gasteiger partial charge in [-0.15, -0.1) is 0 Å². The molecule has 2 heteroatoms. The molecule has 15 heavy (non-hydrogen) atoms. The molecule has 1 aromatic rings. The molecular weight excluding hydrogens is 191 g/mol. The molecule has 0 aromatic heterocycles. The second kappa shape index (κ2) is 3.93. The van der Waals surface area contributed by atoms with Crippen molar-refractivity contribution in [2.45, 2.75) is 38.2 Å². The van der Waals surface area contributed by atoms with Gasteiger partial charge in [-0.05, 0) is 24.8 Å². The molecule has 0 bridgehead atoms. The summed E-state index contributed by atoms with van der Waals surface area (Å²) in [7, 11) is 0. The summed E-state index contributed by atoms with van der Waals surface area (Å²) in [6.45, 7) is 2.01. The smallest absolute Gasteiger partial charge is 0.129 e. The third kappa shape index (κ3) is 1.78. The van der Waals surface area contributed by atoms with E-state index >= 15 is 0 Å². The Bertz CT molecular complexity index is 350. The van der Waals surface area contributed by atoms with Crippen LogP contribution in [0.25, 0.3) is 0 Å². The summed E-state index contributed by atoms with van der Waals surface area (Å²) in [6.07, 6.45) is 3.77. The monoisotopic (exact) mass is 208 g/mol. The molecule has 1 N–H and O–H groups in total. The first kappa shape index (κ1) is 10.6. The molecule has 2 rings (SSSR count). The lowest BCUT2D eigenvalue weighted by Crippen LogP contribution is -2.37. The lowest BCUT2D eigenvalue weighted by Gasteiger charge is -2.38. The zero-order chi connectivity index (χ0) is 10.9. The Morgan fingerprint density at radius 3 is 2.73 bits per heavy atom. The molecule has 0 radical (unpaired) electrons. The molecule has 0 heterocycles. The summed E-state index contributed by atoms with van der Waals surface area (Å²) in [5, 5.41) is 10.6. The number of aliphatic hydroxyl groups is 1. The highest BCUT2D eigenvalue weighted by atomic mass is 19.1. The molecule has 1 saturated carbocycles. The number of rotatable bonds is 1. The van der Waals surface area contributed by atoms with Crippen LogP contribution >= 0.6 is 0 Å². The Morgan fingerprint density at radius 1 is 1.33 bits per heavy atom. The molecule has 0 saturated heterocycles. The third-order valence-electron chi connectivity index (χ3n) is 3.60. The van der Waals surface area contributed by atoms with Gasteiger partial charge in [-0.3, -0.25) is 0 Å². The van der Waals surface area contributed by atoms with E-state index in [0.29, 0.717) is 12.0 Å². The molecule has 1 fully saturated rings. The van der Waals surface area contributed by atoms with Gasteiger partial charge < -0.3 is 5.11 Å². The highest BCUT2D eigenvalue weighted by Gasteiger charge is 2.39. The minimum Gasteiger partial charge on any atom is -0.385 e. The molecule has 82 valence electrons. The lowest BCUT2D eigenvalue weighted by atomic mass is 9.72. The Labute approximate surface area is 89.9 Å². The largest absolute Gasteiger partial charge is 0.385 e. The summed E-state index contributed by atoms with van der Waals surface area (Å²) in [5.74, 6) is -0.142. The number of benzene rings is 1. The lowest BCUT2D eigenvalue weighted by molar-refractivity contribution is -0.0496. The number of hydrogen-bond donors (Lipinski definition) is 1. The second-order valence-electron chi connectivity index (χ2n) is 4.55. The summed E-state index contributed by atoms with van der Waals surface area (Å²) in [6, 6.07) is 6.58. The molecule has 1 aliphatic rings. The molecule has 2 atom stereocenters. The summed E-state index contributed by atoms with van der Waals surface area (Å²) < 4.78 is 13.6. The molecule has 0 unspecified atom stereocenters. The first-order valence-corrected chi connectivity index (χ1v) is 5.62. The van der Waals surface area contributed by atoms with Gasteiger partial charge in [0.15, 0.2) is 0 Å². The van der Waals surface area contributed by atoms with Crippen molar-refractivity contribution < 1.29 is 9.50 Å². The Balaban J connectivity index is 2.39.